The first-order valence-corrected chi connectivity index (χ1v) is 10.00. The number of carbonyl (C=O) groups is 1. The number of hydrogen-bond acceptors (Lipinski definition) is 6. The van der Waals surface area contributed by atoms with E-state index in [2.05, 4.69) is 27.2 Å². The number of piperidine rings is 1. The van der Waals surface area contributed by atoms with Gasteiger partial charge in [0.1, 0.15) is 11.5 Å². The van der Waals surface area contributed by atoms with Crippen molar-refractivity contribution in [1.29, 1.82) is 0 Å². The van der Waals surface area contributed by atoms with E-state index >= 15 is 0 Å². The molecule has 7 nitrogen and oxygen atoms in total. The summed E-state index contributed by atoms with van der Waals surface area (Å²) in [5.41, 5.74) is 0.424. The van der Waals surface area contributed by atoms with Crippen LogP contribution in [-0.2, 0) is 6.54 Å². The minimum atomic E-state index is -0.478. The first kappa shape index (κ1) is 18.5. The van der Waals surface area contributed by atoms with Gasteiger partial charge in [-0.3, -0.25) is 9.59 Å². The molecule has 9 heteroatoms. The lowest BCUT2D eigenvalue weighted by atomic mass is 10.0. The molecule has 3 heterocycles. The number of nitrogens with zero attached hydrogens (tertiary/aromatic N) is 4. The number of rotatable bonds is 4. The number of aromatic nitrogens is 3. The second kappa shape index (κ2) is 7.67. The second-order valence-corrected chi connectivity index (χ2v) is 8.00. The molecule has 4 rings (SSSR count). The van der Waals surface area contributed by atoms with Gasteiger partial charge in [0.25, 0.3) is 11.5 Å². The van der Waals surface area contributed by atoms with Crippen LogP contribution in [0.3, 0.4) is 0 Å². The lowest BCUT2D eigenvalue weighted by Gasteiger charge is -2.30. The Bertz CT molecular complexity index is 1060. The average molecular weight is 401 g/mol. The zero-order chi connectivity index (χ0) is 19.7. The van der Waals surface area contributed by atoms with Crippen molar-refractivity contribution >= 4 is 27.3 Å². The molecule has 1 aliphatic rings. The van der Waals surface area contributed by atoms with E-state index in [0.29, 0.717) is 10.9 Å². The molecule has 2 aromatic heterocycles. The number of carbonyl (C=O) groups excluding carboxylic acids is 1. The third-order valence-corrected chi connectivity index (χ3v) is 5.74. The highest BCUT2D eigenvalue weighted by atomic mass is 32.1. The lowest BCUT2D eigenvalue weighted by molar-refractivity contribution is 0.0943. The van der Waals surface area contributed by atoms with Crippen LogP contribution in [0.4, 0.5) is 9.52 Å². The summed E-state index contributed by atoms with van der Waals surface area (Å²) >= 11 is 1.31. The summed E-state index contributed by atoms with van der Waals surface area (Å²) in [6, 6.07) is 7.06. The van der Waals surface area contributed by atoms with Crippen molar-refractivity contribution < 1.29 is 9.18 Å². The summed E-state index contributed by atoms with van der Waals surface area (Å²) in [4.78, 5) is 31.2. The molecule has 0 radical (unpaired) electrons. The molecule has 3 aromatic rings. The fourth-order valence-electron chi connectivity index (χ4n) is 3.33. The largest absolute Gasteiger partial charge is 0.347 e. The lowest BCUT2D eigenvalue weighted by Crippen LogP contribution is -2.34. The molecule has 0 aliphatic carbocycles. The smallest absolute Gasteiger partial charge is 0.274 e. The number of fused-ring (bicyclic) bond motifs is 1. The maximum atomic E-state index is 13.0. The first-order chi connectivity index (χ1) is 13.5. The third-order valence-electron chi connectivity index (χ3n) is 4.77. The van der Waals surface area contributed by atoms with Gasteiger partial charge in [-0.2, -0.15) is 9.50 Å². The number of hydrogen-bond donors (Lipinski definition) is 1. The number of benzene rings is 1. The van der Waals surface area contributed by atoms with Crippen LogP contribution in [0, 0.1) is 11.7 Å². The average Bonchev–Trinajstić information content (AvgIpc) is 3.10. The molecule has 1 aromatic carbocycles. The molecule has 0 bridgehead atoms. The van der Waals surface area contributed by atoms with Crippen LogP contribution in [-0.4, -0.2) is 33.6 Å². The molecule has 28 heavy (non-hydrogen) atoms. The molecule has 0 unspecified atom stereocenters. The van der Waals surface area contributed by atoms with E-state index in [4.69, 9.17) is 0 Å². The Morgan fingerprint density at radius 1 is 1.36 bits per heavy atom. The molecule has 146 valence electrons. The summed E-state index contributed by atoms with van der Waals surface area (Å²) in [5, 5.41) is 8.06. The van der Waals surface area contributed by atoms with E-state index < -0.39 is 11.5 Å². The van der Waals surface area contributed by atoms with E-state index in [9.17, 15) is 14.0 Å². The van der Waals surface area contributed by atoms with Gasteiger partial charge in [-0.1, -0.05) is 30.4 Å². The third kappa shape index (κ3) is 3.89. The molecule has 1 fully saturated rings. The molecular weight excluding hydrogens is 381 g/mol. The monoisotopic (exact) mass is 401 g/mol. The van der Waals surface area contributed by atoms with Gasteiger partial charge in [0.15, 0.2) is 0 Å². The predicted octanol–water partition coefficient (Wildman–Crippen LogP) is 2.46. The van der Waals surface area contributed by atoms with Crippen molar-refractivity contribution in [3.05, 3.63) is 57.8 Å². The first-order valence-electron chi connectivity index (χ1n) is 9.18. The fourth-order valence-corrected chi connectivity index (χ4v) is 4.28. The number of amides is 1. The van der Waals surface area contributed by atoms with Crippen LogP contribution in [0.5, 0.6) is 0 Å². The second-order valence-electron chi connectivity index (χ2n) is 7.06. The van der Waals surface area contributed by atoms with Gasteiger partial charge in [-0.15, -0.1) is 5.10 Å². The van der Waals surface area contributed by atoms with Gasteiger partial charge in [-0.05, 0) is 36.5 Å². The van der Waals surface area contributed by atoms with E-state index in [1.165, 1.54) is 40.5 Å². The van der Waals surface area contributed by atoms with E-state index in [1.807, 2.05) is 0 Å². The molecule has 0 spiro atoms. The zero-order valence-corrected chi connectivity index (χ0v) is 16.2. The van der Waals surface area contributed by atoms with Crippen LogP contribution in [0.25, 0.3) is 4.96 Å². The summed E-state index contributed by atoms with van der Waals surface area (Å²) in [6.45, 7) is 4.23. The maximum Gasteiger partial charge on any atom is 0.274 e. The normalized spacial score (nSPS) is 17.1. The number of nitrogens with one attached hydrogen (secondary N) is 1. The van der Waals surface area contributed by atoms with Crippen molar-refractivity contribution in [1.82, 2.24) is 19.9 Å². The number of halogens is 1. The van der Waals surface area contributed by atoms with Gasteiger partial charge in [-0.25, -0.2) is 4.39 Å². The van der Waals surface area contributed by atoms with Crippen LogP contribution in [0.1, 0.15) is 35.8 Å². The van der Waals surface area contributed by atoms with Crippen LogP contribution >= 0.6 is 11.3 Å². The summed E-state index contributed by atoms with van der Waals surface area (Å²) < 4.78 is 14.4. The van der Waals surface area contributed by atoms with Gasteiger partial charge in [0, 0.05) is 25.7 Å². The highest BCUT2D eigenvalue weighted by Gasteiger charge is 2.22. The summed E-state index contributed by atoms with van der Waals surface area (Å²) in [6.07, 6.45) is 2.28. The quantitative estimate of drug-likeness (QED) is 0.727. The Morgan fingerprint density at radius 2 is 2.14 bits per heavy atom. The SMILES string of the molecule is C[C@@H]1CCCN(c2nn3c(C(=O)NCc4ccc(F)cc4)cc(=O)nc3s2)C1. The van der Waals surface area contributed by atoms with Crippen molar-refractivity contribution in [2.75, 3.05) is 18.0 Å². The highest BCUT2D eigenvalue weighted by Crippen LogP contribution is 2.27. The molecule has 1 atom stereocenters. The van der Waals surface area contributed by atoms with Crippen LogP contribution in [0.2, 0.25) is 0 Å². The topological polar surface area (TPSA) is 79.6 Å². The molecule has 0 saturated carbocycles. The molecular formula is C19H20FN5O2S. The zero-order valence-electron chi connectivity index (χ0n) is 15.4. The Kier molecular flexibility index (Phi) is 5.08. The standard InChI is InChI=1S/C19H20FN5O2S/c1-12-3-2-8-24(11-12)19-23-25-15(9-16(26)22-18(25)28-19)17(27)21-10-13-4-6-14(20)7-5-13/h4-7,9,12H,2-3,8,10-11H2,1H3,(H,21,27)/t12-/m1/s1. The minimum absolute atomic E-state index is 0.143. The van der Waals surface area contributed by atoms with Crippen molar-refractivity contribution in [2.45, 2.75) is 26.3 Å². The number of anilines is 1. The Balaban J connectivity index is 1.59. The Hall–Kier alpha value is -2.81. The Labute approximate surface area is 164 Å². The van der Waals surface area contributed by atoms with Gasteiger partial charge < -0.3 is 10.2 Å². The van der Waals surface area contributed by atoms with Crippen LogP contribution in [0.15, 0.2) is 35.1 Å². The minimum Gasteiger partial charge on any atom is -0.347 e. The Morgan fingerprint density at radius 3 is 2.89 bits per heavy atom. The summed E-state index contributed by atoms with van der Waals surface area (Å²) in [5.74, 6) is -0.186. The van der Waals surface area contributed by atoms with Gasteiger partial charge in [0.05, 0.1) is 0 Å². The molecule has 1 saturated heterocycles. The van der Waals surface area contributed by atoms with E-state index in [1.54, 1.807) is 12.1 Å². The molecule has 1 N–H and O–H groups in total. The molecule has 1 amide bonds. The fraction of sp³-hybridized carbons (Fsp3) is 0.368. The van der Waals surface area contributed by atoms with Crippen molar-refractivity contribution in [3.63, 3.8) is 0 Å². The summed E-state index contributed by atoms with van der Waals surface area (Å²) in [7, 11) is 0. The highest BCUT2D eigenvalue weighted by molar-refractivity contribution is 7.20. The van der Waals surface area contributed by atoms with Crippen LogP contribution < -0.4 is 15.8 Å². The van der Waals surface area contributed by atoms with E-state index in [0.717, 1.165) is 30.2 Å². The maximum absolute atomic E-state index is 13.0. The van der Waals surface area contributed by atoms with Crippen molar-refractivity contribution in [2.24, 2.45) is 5.92 Å². The van der Waals surface area contributed by atoms with Gasteiger partial charge >= 0.3 is 0 Å². The van der Waals surface area contributed by atoms with Crippen molar-refractivity contribution in [3.8, 4) is 0 Å². The van der Waals surface area contributed by atoms with E-state index in [-0.39, 0.29) is 18.1 Å². The predicted molar refractivity (Wildman–Crippen MR) is 105 cm³/mol. The van der Waals surface area contributed by atoms with Gasteiger partial charge in [0.2, 0.25) is 10.1 Å². The molecule has 1 aliphatic heterocycles.